The van der Waals surface area contributed by atoms with E-state index < -0.39 is 43.1 Å². The highest BCUT2D eigenvalue weighted by molar-refractivity contribution is 5.77. The van der Waals surface area contributed by atoms with Crippen molar-refractivity contribution in [1.29, 1.82) is 0 Å². The molecule has 144 valence electrons. The molecule has 1 saturated carbocycles. The standard InChI is InChI=1S/C16H25F3N2O4/c1-25-7-6-15(4-2-3-5-15)10-20-14(24)21-8-11(13(22)23)12(9-21)16(17,18)19/h11-12H,2-10H2,1H3,(H,20,24)(H,22,23)/t11-,12-/m1/s1. The third kappa shape index (κ3) is 4.77. The van der Waals surface area contributed by atoms with Crippen LogP contribution in [0.3, 0.4) is 0 Å². The fraction of sp³-hybridized carbons (Fsp3) is 0.875. The minimum Gasteiger partial charge on any atom is -0.481 e. The van der Waals surface area contributed by atoms with Gasteiger partial charge < -0.3 is 20.1 Å². The average molecular weight is 366 g/mol. The zero-order valence-electron chi connectivity index (χ0n) is 14.3. The number of carboxylic acids is 1. The Morgan fingerprint density at radius 1 is 1.28 bits per heavy atom. The molecule has 2 amide bonds. The van der Waals surface area contributed by atoms with Gasteiger partial charge in [-0.1, -0.05) is 12.8 Å². The molecular weight excluding hydrogens is 341 g/mol. The first-order chi connectivity index (χ1) is 11.7. The van der Waals surface area contributed by atoms with Gasteiger partial charge in [0.05, 0.1) is 11.8 Å². The summed E-state index contributed by atoms with van der Waals surface area (Å²) < 4.78 is 44.1. The van der Waals surface area contributed by atoms with Gasteiger partial charge in [0.1, 0.15) is 0 Å². The summed E-state index contributed by atoms with van der Waals surface area (Å²) in [6.45, 7) is -0.0925. The number of urea groups is 1. The molecule has 0 aromatic rings. The van der Waals surface area contributed by atoms with Gasteiger partial charge >= 0.3 is 18.2 Å². The predicted octanol–water partition coefficient (Wildman–Crippen LogP) is 2.49. The number of hydrogen-bond acceptors (Lipinski definition) is 3. The number of ether oxygens (including phenoxy) is 1. The van der Waals surface area contributed by atoms with Crippen molar-refractivity contribution in [3.05, 3.63) is 0 Å². The summed E-state index contributed by atoms with van der Waals surface area (Å²) in [5.74, 6) is -5.16. The van der Waals surface area contributed by atoms with E-state index >= 15 is 0 Å². The van der Waals surface area contributed by atoms with E-state index in [-0.39, 0.29) is 5.41 Å². The summed E-state index contributed by atoms with van der Waals surface area (Å²) in [5.41, 5.74) is -0.0823. The third-order valence-corrected chi connectivity index (χ3v) is 5.46. The number of carbonyl (C=O) groups excluding carboxylic acids is 1. The maximum Gasteiger partial charge on any atom is 0.394 e. The second kappa shape index (κ2) is 7.80. The van der Waals surface area contributed by atoms with Crippen molar-refractivity contribution in [3.8, 4) is 0 Å². The first-order valence-corrected chi connectivity index (χ1v) is 8.50. The van der Waals surface area contributed by atoms with Gasteiger partial charge in [0.15, 0.2) is 0 Å². The quantitative estimate of drug-likeness (QED) is 0.757. The molecule has 1 saturated heterocycles. The number of carboxylic acid groups (broad SMARTS) is 1. The number of rotatable bonds is 6. The van der Waals surface area contributed by atoms with Crippen LogP contribution < -0.4 is 5.32 Å². The lowest BCUT2D eigenvalue weighted by atomic mass is 9.83. The fourth-order valence-corrected chi connectivity index (χ4v) is 3.89. The zero-order valence-corrected chi connectivity index (χ0v) is 14.3. The van der Waals surface area contributed by atoms with E-state index in [1.165, 1.54) is 0 Å². The first kappa shape index (κ1) is 19.8. The molecule has 1 aliphatic heterocycles. The van der Waals surface area contributed by atoms with E-state index in [1.807, 2.05) is 0 Å². The molecular formula is C16H25F3N2O4. The Balaban J connectivity index is 1.95. The Hall–Kier alpha value is -1.51. The molecule has 9 heteroatoms. The molecule has 2 aliphatic rings. The van der Waals surface area contributed by atoms with Gasteiger partial charge in [-0.25, -0.2) is 4.79 Å². The van der Waals surface area contributed by atoms with Crippen LogP contribution in [0.2, 0.25) is 0 Å². The molecule has 1 heterocycles. The smallest absolute Gasteiger partial charge is 0.394 e. The summed E-state index contributed by atoms with van der Waals surface area (Å²) in [4.78, 5) is 24.3. The molecule has 25 heavy (non-hydrogen) atoms. The molecule has 2 rings (SSSR count). The summed E-state index contributed by atoms with van der Waals surface area (Å²) in [6, 6.07) is -0.623. The topological polar surface area (TPSA) is 78.9 Å². The van der Waals surface area contributed by atoms with Gasteiger partial charge in [0.2, 0.25) is 0 Å². The Morgan fingerprint density at radius 3 is 2.40 bits per heavy atom. The average Bonchev–Trinajstić information content (AvgIpc) is 3.18. The molecule has 0 spiro atoms. The normalized spacial score (nSPS) is 26.0. The molecule has 6 nitrogen and oxygen atoms in total. The van der Waals surface area contributed by atoms with Gasteiger partial charge in [-0.05, 0) is 24.7 Å². The van der Waals surface area contributed by atoms with Crippen molar-refractivity contribution < 1.29 is 32.6 Å². The Labute approximate surface area is 144 Å². The van der Waals surface area contributed by atoms with Gasteiger partial charge in [-0.2, -0.15) is 13.2 Å². The third-order valence-electron chi connectivity index (χ3n) is 5.46. The number of nitrogens with zero attached hydrogens (tertiary/aromatic N) is 1. The molecule has 2 N–H and O–H groups in total. The van der Waals surface area contributed by atoms with Crippen molar-refractivity contribution in [2.24, 2.45) is 17.3 Å². The van der Waals surface area contributed by atoms with Crippen LogP contribution in [0.1, 0.15) is 32.1 Å². The SMILES string of the molecule is COCCC1(CNC(=O)N2C[C@@H](C(F)(F)F)[C@H](C(=O)O)C2)CCCC1. The number of methoxy groups -OCH3 is 1. The summed E-state index contributed by atoms with van der Waals surface area (Å²) in [5, 5.41) is 11.7. The van der Waals surface area contributed by atoms with Crippen LogP contribution in [-0.2, 0) is 9.53 Å². The number of halogens is 3. The van der Waals surface area contributed by atoms with Crippen LogP contribution >= 0.6 is 0 Å². The molecule has 2 atom stereocenters. The van der Waals surface area contributed by atoms with E-state index in [4.69, 9.17) is 9.84 Å². The minimum atomic E-state index is -4.64. The van der Waals surface area contributed by atoms with Gasteiger partial charge in [-0.3, -0.25) is 4.79 Å². The van der Waals surface area contributed by atoms with Crippen molar-refractivity contribution >= 4 is 12.0 Å². The van der Waals surface area contributed by atoms with Crippen LogP contribution in [0.15, 0.2) is 0 Å². The van der Waals surface area contributed by atoms with Crippen molar-refractivity contribution in [1.82, 2.24) is 10.2 Å². The Kier molecular flexibility index (Phi) is 6.18. The fourth-order valence-electron chi connectivity index (χ4n) is 3.89. The highest BCUT2D eigenvalue weighted by Gasteiger charge is 2.53. The second-order valence-corrected chi connectivity index (χ2v) is 7.11. The number of aliphatic carboxylic acids is 1. The van der Waals surface area contributed by atoms with Crippen molar-refractivity contribution in [3.63, 3.8) is 0 Å². The van der Waals surface area contributed by atoms with Gasteiger partial charge in [0, 0.05) is 33.4 Å². The lowest BCUT2D eigenvalue weighted by molar-refractivity contribution is -0.187. The minimum absolute atomic E-state index is 0.0823. The molecule has 0 radical (unpaired) electrons. The number of amides is 2. The van der Waals surface area contributed by atoms with E-state index in [2.05, 4.69) is 5.32 Å². The number of likely N-dealkylation sites (tertiary alicyclic amines) is 1. The molecule has 1 aliphatic carbocycles. The highest BCUT2D eigenvalue weighted by atomic mass is 19.4. The molecule has 0 aromatic carbocycles. The van der Waals surface area contributed by atoms with Crippen molar-refractivity contribution in [2.45, 2.75) is 38.3 Å². The van der Waals surface area contributed by atoms with Crippen molar-refractivity contribution in [2.75, 3.05) is 33.4 Å². The first-order valence-electron chi connectivity index (χ1n) is 8.50. The molecule has 2 fully saturated rings. The lowest BCUT2D eigenvalue weighted by Crippen LogP contribution is -2.44. The highest BCUT2D eigenvalue weighted by Crippen LogP contribution is 2.41. The Morgan fingerprint density at radius 2 is 1.92 bits per heavy atom. The lowest BCUT2D eigenvalue weighted by Gasteiger charge is -2.30. The van der Waals surface area contributed by atoms with Gasteiger partial charge in [0.25, 0.3) is 0 Å². The number of carbonyl (C=O) groups is 2. The molecule has 0 bridgehead atoms. The summed E-state index contributed by atoms with van der Waals surface area (Å²) in [7, 11) is 1.61. The monoisotopic (exact) mass is 366 g/mol. The van der Waals surface area contributed by atoms with Gasteiger partial charge in [-0.15, -0.1) is 0 Å². The molecule has 0 unspecified atom stereocenters. The zero-order chi connectivity index (χ0) is 18.7. The van der Waals surface area contributed by atoms with E-state index in [1.54, 1.807) is 7.11 Å². The van der Waals surface area contributed by atoms with Crippen LogP contribution in [0.4, 0.5) is 18.0 Å². The van der Waals surface area contributed by atoms with Crippen LogP contribution in [0.25, 0.3) is 0 Å². The number of hydrogen-bond donors (Lipinski definition) is 2. The van der Waals surface area contributed by atoms with Crippen LogP contribution in [-0.4, -0.2) is 61.5 Å². The molecule has 0 aromatic heterocycles. The number of nitrogens with one attached hydrogen (secondary N) is 1. The summed E-state index contributed by atoms with van der Waals surface area (Å²) in [6.07, 6.45) is 0.149. The van der Waals surface area contributed by atoms with E-state index in [0.29, 0.717) is 13.2 Å². The van der Waals surface area contributed by atoms with Crippen LogP contribution in [0, 0.1) is 17.3 Å². The van der Waals surface area contributed by atoms with Crippen LogP contribution in [0.5, 0.6) is 0 Å². The number of alkyl halides is 3. The maximum absolute atomic E-state index is 13.0. The summed E-state index contributed by atoms with van der Waals surface area (Å²) >= 11 is 0. The maximum atomic E-state index is 13.0. The largest absolute Gasteiger partial charge is 0.481 e. The second-order valence-electron chi connectivity index (χ2n) is 7.11. The predicted molar refractivity (Wildman–Crippen MR) is 83.0 cm³/mol. The van der Waals surface area contributed by atoms with E-state index in [9.17, 15) is 22.8 Å². The van der Waals surface area contributed by atoms with E-state index in [0.717, 1.165) is 37.0 Å². The Bertz CT molecular complexity index is 492.